The van der Waals surface area contributed by atoms with Crippen LogP contribution in [0.25, 0.3) is 10.9 Å². The van der Waals surface area contributed by atoms with Gasteiger partial charge in [-0.25, -0.2) is 0 Å². The summed E-state index contributed by atoms with van der Waals surface area (Å²) in [5.74, 6) is 0. The molecule has 3 aromatic rings. The number of nitro groups is 1. The molecule has 3 rings (SSSR count). The molecule has 0 N–H and O–H groups in total. The highest BCUT2D eigenvalue weighted by Gasteiger charge is 2.09. The van der Waals surface area contributed by atoms with Gasteiger partial charge in [0.2, 0.25) is 0 Å². The minimum atomic E-state index is -0.404. The van der Waals surface area contributed by atoms with Crippen LogP contribution in [0.3, 0.4) is 0 Å². The molecule has 0 aliphatic heterocycles. The van der Waals surface area contributed by atoms with Gasteiger partial charge in [0.15, 0.2) is 0 Å². The van der Waals surface area contributed by atoms with Crippen molar-refractivity contribution in [2.75, 3.05) is 0 Å². The van der Waals surface area contributed by atoms with Crippen molar-refractivity contribution in [2.24, 2.45) is 0 Å². The Kier molecular flexibility index (Phi) is 3.27. The molecular weight excluding hydrogens is 270 g/mol. The zero-order valence-corrected chi connectivity index (χ0v) is 11.2. The fourth-order valence-corrected chi connectivity index (χ4v) is 2.34. The first-order chi connectivity index (χ1) is 10.1. The second-order valence-electron chi connectivity index (χ2n) is 4.74. The molecule has 0 saturated carbocycles. The minimum absolute atomic E-state index is 0.0556. The molecule has 6 nitrogen and oxygen atoms in total. The summed E-state index contributed by atoms with van der Waals surface area (Å²) in [5, 5.41) is 11.8. The Morgan fingerprint density at radius 2 is 1.81 bits per heavy atom. The van der Waals surface area contributed by atoms with Gasteiger partial charge in [-0.2, -0.15) is 0 Å². The number of fused-ring (bicyclic) bond motifs is 1. The summed E-state index contributed by atoms with van der Waals surface area (Å²) in [6, 6.07) is 11.7. The Hall–Kier alpha value is -2.89. The molecular formula is C15H13N3O3. The highest BCUT2D eigenvalue weighted by atomic mass is 16.6. The number of aromatic nitrogens is 2. The van der Waals surface area contributed by atoms with Crippen LogP contribution in [-0.2, 0) is 13.1 Å². The molecule has 6 heteroatoms. The Balaban J connectivity index is 1.90. The molecule has 106 valence electrons. The number of nitro benzene ring substituents is 1. The van der Waals surface area contributed by atoms with Crippen LogP contribution in [0.2, 0.25) is 0 Å². The van der Waals surface area contributed by atoms with Gasteiger partial charge in [-0.05, 0) is 18.2 Å². The van der Waals surface area contributed by atoms with E-state index in [-0.39, 0.29) is 11.2 Å². The van der Waals surface area contributed by atoms with Gasteiger partial charge in [-0.3, -0.25) is 14.9 Å². The van der Waals surface area contributed by atoms with Crippen LogP contribution in [0, 0.1) is 10.1 Å². The number of aryl methyl sites for hydroxylation is 2. The van der Waals surface area contributed by atoms with Gasteiger partial charge < -0.3 is 9.13 Å². The third-order valence-electron chi connectivity index (χ3n) is 3.45. The molecule has 0 fully saturated rings. The first kappa shape index (κ1) is 13.1. The SMILES string of the molecule is O=c1ccccn1CCn1ccc2ccc([N+](=O)[O-])cc21. The monoisotopic (exact) mass is 283 g/mol. The predicted octanol–water partition coefficient (Wildman–Crippen LogP) is 2.41. The van der Waals surface area contributed by atoms with Gasteiger partial charge in [0.25, 0.3) is 11.2 Å². The van der Waals surface area contributed by atoms with Crippen LogP contribution in [0.5, 0.6) is 0 Å². The highest BCUT2D eigenvalue weighted by Crippen LogP contribution is 2.21. The van der Waals surface area contributed by atoms with Crippen LogP contribution >= 0.6 is 0 Å². The molecule has 0 aliphatic carbocycles. The van der Waals surface area contributed by atoms with Crippen molar-refractivity contribution in [3.05, 3.63) is 75.3 Å². The number of hydrogen-bond acceptors (Lipinski definition) is 3. The fourth-order valence-electron chi connectivity index (χ4n) is 2.34. The van der Waals surface area contributed by atoms with E-state index in [1.54, 1.807) is 35.0 Å². The molecule has 1 aromatic carbocycles. The van der Waals surface area contributed by atoms with Crippen molar-refractivity contribution in [2.45, 2.75) is 13.1 Å². The molecule has 0 aliphatic rings. The minimum Gasteiger partial charge on any atom is -0.345 e. The van der Waals surface area contributed by atoms with E-state index in [4.69, 9.17) is 0 Å². The molecule has 0 atom stereocenters. The predicted molar refractivity (Wildman–Crippen MR) is 79.3 cm³/mol. The first-order valence-corrected chi connectivity index (χ1v) is 6.54. The lowest BCUT2D eigenvalue weighted by atomic mass is 10.2. The summed E-state index contributed by atoms with van der Waals surface area (Å²) in [5.41, 5.74) is 0.812. The lowest BCUT2D eigenvalue weighted by molar-refractivity contribution is -0.384. The van der Waals surface area contributed by atoms with Gasteiger partial charge in [0.05, 0.1) is 10.4 Å². The zero-order chi connectivity index (χ0) is 14.8. The fraction of sp³-hybridized carbons (Fsp3) is 0.133. The average molecular weight is 283 g/mol. The Labute approximate surface area is 120 Å². The van der Waals surface area contributed by atoms with Crippen LogP contribution < -0.4 is 5.56 Å². The second kappa shape index (κ2) is 5.24. The number of benzene rings is 1. The Morgan fingerprint density at radius 3 is 2.57 bits per heavy atom. The lowest BCUT2D eigenvalue weighted by Gasteiger charge is -2.07. The van der Waals surface area contributed by atoms with Crippen molar-refractivity contribution in [1.29, 1.82) is 0 Å². The van der Waals surface area contributed by atoms with E-state index >= 15 is 0 Å². The van der Waals surface area contributed by atoms with E-state index in [1.807, 2.05) is 16.8 Å². The molecule has 0 spiro atoms. The summed E-state index contributed by atoms with van der Waals surface area (Å²) in [7, 11) is 0. The molecule has 0 bridgehead atoms. The molecule has 0 saturated heterocycles. The average Bonchev–Trinajstić information content (AvgIpc) is 2.88. The maximum absolute atomic E-state index is 11.7. The molecule has 2 heterocycles. The van der Waals surface area contributed by atoms with Crippen LogP contribution in [0.1, 0.15) is 0 Å². The van der Waals surface area contributed by atoms with Crippen LogP contribution in [0.15, 0.2) is 59.7 Å². The first-order valence-electron chi connectivity index (χ1n) is 6.54. The van der Waals surface area contributed by atoms with E-state index in [1.165, 1.54) is 12.1 Å². The Bertz CT molecular complexity index is 864. The maximum Gasteiger partial charge on any atom is 0.271 e. The quantitative estimate of drug-likeness (QED) is 0.545. The number of non-ortho nitro benzene ring substituents is 1. The summed E-state index contributed by atoms with van der Waals surface area (Å²) in [6.45, 7) is 1.10. The van der Waals surface area contributed by atoms with Gasteiger partial charge in [0, 0.05) is 49.1 Å². The second-order valence-corrected chi connectivity index (χ2v) is 4.74. The smallest absolute Gasteiger partial charge is 0.271 e. The van der Waals surface area contributed by atoms with Crippen molar-refractivity contribution in [3.63, 3.8) is 0 Å². The topological polar surface area (TPSA) is 70.1 Å². The largest absolute Gasteiger partial charge is 0.345 e. The van der Waals surface area contributed by atoms with Crippen LogP contribution in [-0.4, -0.2) is 14.1 Å². The summed E-state index contributed by atoms with van der Waals surface area (Å²) >= 11 is 0. The van der Waals surface area contributed by atoms with Crippen molar-refractivity contribution >= 4 is 16.6 Å². The molecule has 0 radical (unpaired) electrons. The van der Waals surface area contributed by atoms with Gasteiger partial charge >= 0.3 is 0 Å². The summed E-state index contributed by atoms with van der Waals surface area (Å²) in [4.78, 5) is 22.1. The third-order valence-corrected chi connectivity index (χ3v) is 3.45. The van der Waals surface area contributed by atoms with Crippen molar-refractivity contribution < 1.29 is 4.92 Å². The number of hydrogen-bond donors (Lipinski definition) is 0. The standard InChI is InChI=1S/C15H13N3O3/c19-15-3-1-2-7-17(15)10-9-16-8-6-12-4-5-13(18(20)21)11-14(12)16/h1-8,11H,9-10H2. The van der Waals surface area contributed by atoms with E-state index in [2.05, 4.69) is 0 Å². The number of nitrogens with zero attached hydrogens (tertiary/aromatic N) is 3. The number of pyridine rings is 1. The van der Waals surface area contributed by atoms with E-state index in [0.717, 1.165) is 10.9 Å². The van der Waals surface area contributed by atoms with E-state index < -0.39 is 4.92 Å². The third kappa shape index (κ3) is 2.55. The number of rotatable bonds is 4. The summed E-state index contributed by atoms with van der Waals surface area (Å²) < 4.78 is 3.53. The van der Waals surface area contributed by atoms with Crippen molar-refractivity contribution in [1.82, 2.24) is 9.13 Å². The Morgan fingerprint density at radius 1 is 1.00 bits per heavy atom. The molecule has 0 amide bonds. The van der Waals surface area contributed by atoms with Gasteiger partial charge in [-0.15, -0.1) is 0 Å². The molecule has 2 aromatic heterocycles. The van der Waals surface area contributed by atoms with Gasteiger partial charge in [0.1, 0.15) is 0 Å². The highest BCUT2D eigenvalue weighted by molar-refractivity contribution is 5.82. The molecule has 0 unspecified atom stereocenters. The maximum atomic E-state index is 11.7. The van der Waals surface area contributed by atoms with E-state index in [0.29, 0.717) is 13.1 Å². The van der Waals surface area contributed by atoms with Crippen LogP contribution in [0.4, 0.5) is 5.69 Å². The van der Waals surface area contributed by atoms with E-state index in [9.17, 15) is 14.9 Å². The van der Waals surface area contributed by atoms with Gasteiger partial charge in [-0.1, -0.05) is 6.07 Å². The molecule has 21 heavy (non-hydrogen) atoms. The lowest BCUT2D eigenvalue weighted by Crippen LogP contribution is -2.20. The summed E-state index contributed by atoms with van der Waals surface area (Å²) in [6.07, 6.45) is 3.61. The normalized spacial score (nSPS) is 10.9. The van der Waals surface area contributed by atoms with Crippen molar-refractivity contribution in [3.8, 4) is 0 Å². The zero-order valence-electron chi connectivity index (χ0n) is 11.2.